The average Bonchev–Trinajstić information content (AvgIpc) is 2.79. The Morgan fingerprint density at radius 1 is 1.00 bits per heavy atom. The van der Waals surface area contributed by atoms with Gasteiger partial charge in [0.05, 0.1) is 0 Å². The Morgan fingerprint density at radius 3 is 2.44 bits per heavy atom. The van der Waals surface area contributed by atoms with Crippen molar-refractivity contribution in [2.45, 2.75) is 44.4 Å². The normalized spacial score (nSPS) is 18.6. The highest BCUT2D eigenvalue weighted by Crippen LogP contribution is 2.42. The standard InChI is InChI=1S/C27H24F4O/c1-2-3-15-26(16-13-20(14-17-26)19-7-5-4-6-8-19)22-10-11-23-21(18-22)9-12-24(25(23)28)32-27(29,30)31/h4-14,16,18H,2-3,15,17H2,1H3. The maximum atomic E-state index is 14.7. The van der Waals surface area contributed by atoms with Gasteiger partial charge in [0.2, 0.25) is 0 Å². The molecular formula is C27H24F4O. The van der Waals surface area contributed by atoms with Gasteiger partial charge in [-0.1, -0.05) is 92.6 Å². The van der Waals surface area contributed by atoms with Crippen molar-refractivity contribution in [3.63, 3.8) is 0 Å². The van der Waals surface area contributed by atoms with E-state index in [0.717, 1.165) is 42.9 Å². The van der Waals surface area contributed by atoms with Crippen molar-refractivity contribution in [2.24, 2.45) is 0 Å². The number of halogens is 4. The lowest BCUT2D eigenvalue weighted by Crippen LogP contribution is -2.25. The minimum absolute atomic E-state index is 0.112. The lowest BCUT2D eigenvalue weighted by Gasteiger charge is -2.33. The van der Waals surface area contributed by atoms with Crippen LogP contribution in [0, 0.1) is 5.82 Å². The van der Waals surface area contributed by atoms with Crippen LogP contribution in [0.1, 0.15) is 43.7 Å². The molecule has 1 unspecified atom stereocenters. The quantitative estimate of drug-likeness (QED) is 0.350. The first-order chi connectivity index (χ1) is 15.3. The number of unbranched alkanes of at least 4 members (excludes halogenated alkanes) is 1. The molecule has 0 N–H and O–H groups in total. The predicted octanol–water partition coefficient (Wildman–Crippen LogP) is 8.35. The van der Waals surface area contributed by atoms with E-state index in [1.54, 1.807) is 6.07 Å². The van der Waals surface area contributed by atoms with Crippen LogP contribution < -0.4 is 4.74 Å². The molecule has 5 heteroatoms. The molecule has 32 heavy (non-hydrogen) atoms. The molecule has 0 saturated heterocycles. The summed E-state index contributed by atoms with van der Waals surface area (Å²) in [5.74, 6) is -1.81. The van der Waals surface area contributed by atoms with Gasteiger partial charge in [0.15, 0.2) is 11.6 Å². The van der Waals surface area contributed by atoms with Crippen molar-refractivity contribution < 1.29 is 22.3 Å². The molecule has 166 valence electrons. The SMILES string of the molecule is CCCCC1(c2ccc3c(F)c(OC(F)(F)F)ccc3c2)C=CC(c2ccccc2)=CC1. The molecule has 3 aromatic carbocycles. The summed E-state index contributed by atoms with van der Waals surface area (Å²) in [6.07, 6.45) is 5.47. The van der Waals surface area contributed by atoms with Crippen molar-refractivity contribution in [3.8, 4) is 5.75 Å². The average molecular weight is 440 g/mol. The summed E-state index contributed by atoms with van der Waals surface area (Å²) >= 11 is 0. The minimum atomic E-state index is -4.94. The first-order valence-corrected chi connectivity index (χ1v) is 10.7. The summed E-state index contributed by atoms with van der Waals surface area (Å²) in [4.78, 5) is 0. The maximum absolute atomic E-state index is 14.7. The summed E-state index contributed by atoms with van der Waals surface area (Å²) in [7, 11) is 0. The van der Waals surface area contributed by atoms with E-state index in [0.29, 0.717) is 5.39 Å². The number of rotatable bonds is 6. The van der Waals surface area contributed by atoms with Gasteiger partial charge in [-0.05, 0) is 41.0 Å². The van der Waals surface area contributed by atoms with Crippen LogP contribution in [0.5, 0.6) is 5.75 Å². The van der Waals surface area contributed by atoms with Crippen molar-refractivity contribution in [1.29, 1.82) is 0 Å². The van der Waals surface area contributed by atoms with Gasteiger partial charge < -0.3 is 4.74 Å². The van der Waals surface area contributed by atoms with E-state index in [4.69, 9.17) is 0 Å². The van der Waals surface area contributed by atoms with Gasteiger partial charge in [-0.25, -0.2) is 4.39 Å². The molecule has 4 rings (SSSR count). The van der Waals surface area contributed by atoms with Crippen LogP contribution in [0.25, 0.3) is 16.3 Å². The fraction of sp³-hybridized carbons (Fsp3) is 0.259. The zero-order chi connectivity index (χ0) is 22.8. The molecule has 3 aromatic rings. The Hall–Kier alpha value is -3.08. The smallest absolute Gasteiger partial charge is 0.403 e. The molecule has 0 heterocycles. The van der Waals surface area contributed by atoms with Crippen LogP contribution in [0.4, 0.5) is 17.6 Å². The Labute approximate surface area is 185 Å². The third kappa shape index (κ3) is 4.57. The van der Waals surface area contributed by atoms with Crippen molar-refractivity contribution in [1.82, 2.24) is 0 Å². The molecule has 0 spiro atoms. The number of hydrogen-bond donors (Lipinski definition) is 0. The van der Waals surface area contributed by atoms with Gasteiger partial charge in [-0.2, -0.15) is 0 Å². The second-order valence-corrected chi connectivity index (χ2v) is 8.18. The van der Waals surface area contributed by atoms with Crippen molar-refractivity contribution in [3.05, 3.63) is 95.8 Å². The molecule has 1 atom stereocenters. The van der Waals surface area contributed by atoms with E-state index in [-0.39, 0.29) is 10.8 Å². The molecular weight excluding hydrogens is 416 g/mol. The van der Waals surface area contributed by atoms with Gasteiger partial charge >= 0.3 is 6.36 Å². The van der Waals surface area contributed by atoms with E-state index in [9.17, 15) is 17.6 Å². The highest BCUT2D eigenvalue weighted by atomic mass is 19.4. The third-order valence-corrected chi connectivity index (χ3v) is 6.07. The van der Waals surface area contributed by atoms with Crippen LogP contribution in [0.3, 0.4) is 0 Å². The number of hydrogen-bond acceptors (Lipinski definition) is 1. The topological polar surface area (TPSA) is 9.23 Å². The first-order valence-electron chi connectivity index (χ1n) is 10.7. The van der Waals surface area contributed by atoms with Gasteiger partial charge in [0.25, 0.3) is 0 Å². The second-order valence-electron chi connectivity index (χ2n) is 8.18. The molecule has 0 saturated carbocycles. The van der Waals surface area contributed by atoms with Crippen molar-refractivity contribution in [2.75, 3.05) is 0 Å². The second kappa shape index (κ2) is 8.81. The minimum Gasteiger partial charge on any atom is -0.403 e. The van der Waals surface area contributed by atoms with E-state index < -0.39 is 17.9 Å². The first kappa shape index (κ1) is 22.1. The summed E-state index contributed by atoms with van der Waals surface area (Å²) in [6.45, 7) is 2.14. The summed E-state index contributed by atoms with van der Waals surface area (Å²) < 4.78 is 56.1. The zero-order valence-electron chi connectivity index (χ0n) is 17.8. The summed E-state index contributed by atoms with van der Waals surface area (Å²) in [5, 5.41) is 0.665. The van der Waals surface area contributed by atoms with Gasteiger partial charge in [-0.3, -0.25) is 0 Å². The molecule has 1 nitrogen and oxygen atoms in total. The van der Waals surface area contributed by atoms with E-state index >= 15 is 0 Å². The van der Waals surface area contributed by atoms with Crippen molar-refractivity contribution >= 4 is 16.3 Å². The zero-order valence-corrected chi connectivity index (χ0v) is 17.8. The van der Waals surface area contributed by atoms with Crippen LogP contribution >= 0.6 is 0 Å². The molecule has 0 amide bonds. The Morgan fingerprint density at radius 2 is 1.78 bits per heavy atom. The largest absolute Gasteiger partial charge is 0.573 e. The number of ether oxygens (including phenoxy) is 1. The summed E-state index contributed by atoms with van der Waals surface area (Å²) in [6, 6.07) is 18.0. The Bertz CT molecular complexity index is 1160. The van der Waals surface area contributed by atoms with Gasteiger partial charge in [-0.15, -0.1) is 13.2 Å². The monoisotopic (exact) mass is 440 g/mol. The molecule has 0 radical (unpaired) electrons. The van der Waals surface area contributed by atoms with Gasteiger partial charge in [0, 0.05) is 10.8 Å². The number of alkyl halides is 3. The van der Waals surface area contributed by atoms with E-state index in [1.807, 2.05) is 30.3 Å². The molecule has 1 aliphatic rings. The number of benzene rings is 3. The number of fused-ring (bicyclic) bond motifs is 1. The molecule has 0 bridgehead atoms. The predicted molar refractivity (Wildman–Crippen MR) is 120 cm³/mol. The maximum Gasteiger partial charge on any atom is 0.573 e. The van der Waals surface area contributed by atoms with E-state index in [2.05, 4.69) is 42.0 Å². The Balaban J connectivity index is 1.70. The van der Waals surface area contributed by atoms with Gasteiger partial charge in [0.1, 0.15) is 0 Å². The van der Waals surface area contributed by atoms with Crippen LogP contribution in [0.2, 0.25) is 0 Å². The highest BCUT2D eigenvalue weighted by molar-refractivity contribution is 5.86. The molecule has 0 fully saturated rings. The van der Waals surface area contributed by atoms with Crippen LogP contribution in [0.15, 0.2) is 78.9 Å². The van der Waals surface area contributed by atoms with E-state index in [1.165, 1.54) is 11.6 Å². The van der Waals surface area contributed by atoms with Crippen LogP contribution in [-0.4, -0.2) is 6.36 Å². The Kier molecular flexibility index (Phi) is 6.09. The molecule has 0 aliphatic heterocycles. The lowest BCUT2D eigenvalue weighted by atomic mass is 9.70. The lowest BCUT2D eigenvalue weighted by molar-refractivity contribution is -0.275. The molecule has 1 aliphatic carbocycles. The summed E-state index contributed by atoms with van der Waals surface area (Å²) in [5.41, 5.74) is 3.12. The third-order valence-electron chi connectivity index (χ3n) is 6.07. The highest BCUT2D eigenvalue weighted by Gasteiger charge is 2.33. The van der Waals surface area contributed by atoms with Crippen LogP contribution in [-0.2, 0) is 5.41 Å². The fourth-order valence-electron chi connectivity index (χ4n) is 4.34. The fourth-order valence-corrected chi connectivity index (χ4v) is 4.34. The number of allylic oxidation sites excluding steroid dienone is 4. The molecule has 0 aromatic heterocycles.